The highest BCUT2D eigenvalue weighted by Crippen LogP contribution is 2.65. The molecule has 5 rings (SSSR count). The van der Waals surface area contributed by atoms with E-state index < -0.39 is 53.3 Å². The number of nitrogens with two attached hydrogens (primary N) is 1. The van der Waals surface area contributed by atoms with Gasteiger partial charge >= 0.3 is 0 Å². The second kappa shape index (κ2) is 11.0. The lowest BCUT2D eigenvalue weighted by Crippen LogP contribution is -2.61. The van der Waals surface area contributed by atoms with Crippen molar-refractivity contribution < 1.29 is 29.1 Å². The molecule has 7 N–H and O–H groups in total. The van der Waals surface area contributed by atoms with Crippen molar-refractivity contribution in [2.45, 2.75) is 71.7 Å². The maximum Gasteiger partial charge on any atom is 0.268 e. The Morgan fingerprint density at radius 1 is 1.16 bits per heavy atom. The fourth-order valence-corrected chi connectivity index (χ4v) is 6.94. The Morgan fingerprint density at radius 2 is 1.86 bits per heavy atom. The molecule has 0 radical (unpaired) electrons. The van der Waals surface area contributed by atoms with E-state index in [0.29, 0.717) is 25.2 Å². The number of aromatic amines is 1. The number of piperidine rings is 1. The summed E-state index contributed by atoms with van der Waals surface area (Å²) in [6.45, 7) is 10.4. The third kappa shape index (κ3) is 5.72. The number of aromatic nitrogens is 1. The second-order valence-corrected chi connectivity index (χ2v) is 13.9. The summed E-state index contributed by atoms with van der Waals surface area (Å²) in [5.74, 6) is -3.15. The van der Waals surface area contributed by atoms with Crippen molar-refractivity contribution in [3.63, 3.8) is 0 Å². The number of fused-ring (bicyclic) bond motifs is 2. The Balaban J connectivity index is 1.38. The van der Waals surface area contributed by atoms with Gasteiger partial charge in [0.25, 0.3) is 5.91 Å². The first-order valence-electron chi connectivity index (χ1n) is 14.9. The van der Waals surface area contributed by atoms with Crippen LogP contribution in [0.25, 0.3) is 10.9 Å². The number of rotatable bonds is 9. The van der Waals surface area contributed by atoms with Gasteiger partial charge in [-0.05, 0) is 47.6 Å². The number of hydrogen-bond donors (Lipinski definition) is 6. The van der Waals surface area contributed by atoms with Gasteiger partial charge in [0.1, 0.15) is 17.8 Å². The van der Waals surface area contributed by atoms with E-state index in [1.54, 1.807) is 6.07 Å². The number of para-hydroxylation sites is 1. The number of nitrogens with zero attached hydrogens (tertiary/aromatic N) is 1. The highest BCUT2D eigenvalue weighted by Gasteiger charge is 2.70. The van der Waals surface area contributed by atoms with Crippen molar-refractivity contribution in [3.8, 4) is 0 Å². The smallest absolute Gasteiger partial charge is 0.268 e. The molecule has 232 valence electrons. The third-order valence-electron chi connectivity index (χ3n) is 9.62. The van der Waals surface area contributed by atoms with Gasteiger partial charge in [0.15, 0.2) is 6.10 Å². The molecule has 3 fully saturated rings. The molecule has 1 aliphatic carbocycles. The predicted octanol–water partition coefficient (Wildman–Crippen LogP) is 0.653. The zero-order valence-electron chi connectivity index (χ0n) is 25.3. The SMILES string of the molecule is CC(C)(C)[C@H](NC(=O)c1cc2ccccc2[nH]1)C(=O)N1C[C@H]2[C@@H]([C@H]1C(=O)N[C@@H](C[C@@H]1CCNC1=O)C(O)C(N)=O)C2(C)C. The molecule has 12 heteroatoms. The zero-order valence-corrected chi connectivity index (χ0v) is 25.3. The standard InChI is InChI=1S/C31H42N6O6/c1-30(2,3)24(36-27(41)20-12-15-8-6-7-9-18(15)34-20)29(43)37-14-17-21(31(17,4)5)22(37)28(42)35-19(23(38)25(32)39)13-16-10-11-33-26(16)40/h6-9,12,16-17,19,21-24,34,38H,10-11,13-14H2,1-5H3,(H2,32,39)(H,33,40)(H,35,42)(H,36,41)/t16-,17-,19-,21-,22-,23?,24+/m0/s1. The van der Waals surface area contributed by atoms with Crippen molar-refractivity contribution in [2.75, 3.05) is 13.1 Å². The monoisotopic (exact) mass is 594 g/mol. The van der Waals surface area contributed by atoms with Crippen molar-refractivity contribution in [2.24, 2.45) is 34.3 Å². The lowest BCUT2D eigenvalue weighted by Gasteiger charge is -2.38. The number of hydrogen-bond acceptors (Lipinski definition) is 6. The first-order valence-corrected chi connectivity index (χ1v) is 14.9. The molecule has 7 atom stereocenters. The third-order valence-corrected chi connectivity index (χ3v) is 9.62. The predicted molar refractivity (Wildman–Crippen MR) is 158 cm³/mol. The van der Waals surface area contributed by atoms with Gasteiger partial charge in [0.2, 0.25) is 23.6 Å². The van der Waals surface area contributed by atoms with Crippen molar-refractivity contribution in [1.29, 1.82) is 0 Å². The van der Waals surface area contributed by atoms with Gasteiger partial charge in [-0.2, -0.15) is 0 Å². The van der Waals surface area contributed by atoms with Crippen molar-refractivity contribution >= 4 is 40.4 Å². The topological polar surface area (TPSA) is 187 Å². The van der Waals surface area contributed by atoms with Crippen LogP contribution in [0.5, 0.6) is 0 Å². The molecule has 1 aromatic heterocycles. The molecular weight excluding hydrogens is 552 g/mol. The average molecular weight is 595 g/mol. The molecule has 0 spiro atoms. The van der Waals surface area contributed by atoms with E-state index in [-0.39, 0.29) is 35.5 Å². The summed E-state index contributed by atoms with van der Waals surface area (Å²) in [4.78, 5) is 70.3. The number of aliphatic hydroxyl groups excluding tert-OH is 1. The van der Waals surface area contributed by atoms with Crippen LogP contribution in [0.15, 0.2) is 30.3 Å². The molecule has 1 aromatic carbocycles. The summed E-state index contributed by atoms with van der Waals surface area (Å²) in [6.07, 6.45) is -1.17. The van der Waals surface area contributed by atoms with Gasteiger partial charge < -0.3 is 36.7 Å². The normalized spacial score (nSPS) is 26.3. The molecule has 1 saturated carbocycles. The van der Waals surface area contributed by atoms with Crippen LogP contribution in [-0.2, 0) is 19.2 Å². The summed E-state index contributed by atoms with van der Waals surface area (Å²) < 4.78 is 0. The highest BCUT2D eigenvalue weighted by molar-refractivity contribution is 6.01. The number of amides is 5. The molecule has 5 amide bonds. The molecule has 12 nitrogen and oxygen atoms in total. The van der Waals surface area contributed by atoms with E-state index in [1.165, 1.54) is 4.90 Å². The Morgan fingerprint density at radius 3 is 2.47 bits per heavy atom. The van der Waals surface area contributed by atoms with E-state index >= 15 is 0 Å². The number of carbonyl (C=O) groups is 5. The largest absolute Gasteiger partial charge is 0.381 e. The number of primary amides is 1. The van der Waals surface area contributed by atoms with Crippen LogP contribution in [0, 0.1) is 28.6 Å². The fraction of sp³-hybridized carbons (Fsp3) is 0.581. The Bertz CT molecular complexity index is 1430. The van der Waals surface area contributed by atoms with Gasteiger partial charge in [-0.3, -0.25) is 24.0 Å². The van der Waals surface area contributed by atoms with Gasteiger partial charge in [0, 0.05) is 29.9 Å². The first-order chi connectivity index (χ1) is 20.1. The van der Waals surface area contributed by atoms with E-state index in [9.17, 15) is 29.1 Å². The van der Waals surface area contributed by atoms with Crippen LogP contribution in [0.3, 0.4) is 0 Å². The number of likely N-dealkylation sites (tertiary alicyclic amines) is 1. The van der Waals surface area contributed by atoms with Crippen LogP contribution in [0.1, 0.15) is 57.9 Å². The van der Waals surface area contributed by atoms with Crippen molar-refractivity contribution in [1.82, 2.24) is 25.8 Å². The van der Waals surface area contributed by atoms with E-state index in [2.05, 4.69) is 20.9 Å². The molecule has 3 aliphatic rings. The summed E-state index contributed by atoms with van der Waals surface area (Å²) in [5, 5.41) is 19.8. The van der Waals surface area contributed by atoms with Crippen LogP contribution in [0.2, 0.25) is 0 Å². The highest BCUT2D eigenvalue weighted by atomic mass is 16.3. The Kier molecular flexibility index (Phi) is 7.78. The Hall–Kier alpha value is -3.93. The summed E-state index contributed by atoms with van der Waals surface area (Å²) in [7, 11) is 0. The minimum atomic E-state index is -1.70. The maximum absolute atomic E-state index is 14.2. The molecule has 0 bridgehead atoms. The zero-order chi connectivity index (χ0) is 31.4. The van der Waals surface area contributed by atoms with Gasteiger partial charge in [-0.25, -0.2) is 0 Å². The maximum atomic E-state index is 14.2. The van der Waals surface area contributed by atoms with Gasteiger partial charge in [-0.1, -0.05) is 52.8 Å². The number of nitrogens with one attached hydrogen (secondary N) is 4. The van der Waals surface area contributed by atoms with Crippen LogP contribution in [-0.4, -0.2) is 81.8 Å². The number of aliphatic hydroxyl groups is 1. The van der Waals surface area contributed by atoms with Crippen LogP contribution in [0.4, 0.5) is 0 Å². The molecule has 3 heterocycles. The molecule has 2 aliphatic heterocycles. The summed E-state index contributed by atoms with van der Waals surface area (Å²) in [5.41, 5.74) is 5.61. The molecule has 2 aromatic rings. The minimum absolute atomic E-state index is 0.0327. The molecule has 1 unspecified atom stereocenters. The van der Waals surface area contributed by atoms with Crippen LogP contribution >= 0.6 is 0 Å². The molecular formula is C31H42N6O6. The van der Waals surface area contributed by atoms with E-state index in [4.69, 9.17) is 5.73 Å². The van der Waals surface area contributed by atoms with Gasteiger partial charge in [0.05, 0.1) is 6.04 Å². The summed E-state index contributed by atoms with van der Waals surface area (Å²) in [6, 6.07) is 6.28. The minimum Gasteiger partial charge on any atom is -0.381 e. The lowest BCUT2D eigenvalue weighted by molar-refractivity contribution is -0.144. The van der Waals surface area contributed by atoms with Crippen molar-refractivity contribution in [3.05, 3.63) is 36.0 Å². The second-order valence-electron chi connectivity index (χ2n) is 13.9. The quantitative estimate of drug-likeness (QED) is 0.247. The number of carbonyl (C=O) groups excluding carboxylic acids is 5. The number of benzene rings is 1. The fourth-order valence-electron chi connectivity index (χ4n) is 6.94. The lowest BCUT2D eigenvalue weighted by atomic mass is 9.85. The number of H-pyrrole nitrogens is 1. The molecule has 43 heavy (non-hydrogen) atoms. The van der Waals surface area contributed by atoms with Crippen LogP contribution < -0.4 is 21.7 Å². The first kappa shape index (κ1) is 30.5. The van der Waals surface area contributed by atoms with Gasteiger partial charge in [-0.15, -0.1) is 0 Å². The molecule has 2 saturated heterocycles. The van der Waals surface area contributed by atoms with E-state index in [1.807, 2.05) is 58.9 Å². The average Bonchev–Trinajstić information content (AvgIpc) is 3.45. The summed E-state index contributed by atoms with van der Waals surface area (Å²) >= 11 is 0. The Labute approximate surface area is 250 Å². The van der Waals surface area contributed by atoms with E-state index in [0.717, 1.165) is 10.9 Å².